The molecule has 2 aromatic rings. The molecule has 0 heterocycles. The smallest absolute Gasteiger partial charge is 0.234 e. The highest BCUT2D eigenvalue weighted by molar-refractivity contribution is 5.78. The summed E-state index contributed by atoms with van der Waals surface area (Å²) in [5.41, 5.74) is 3.89. The van der Waals surface area contributed by atoms with Crippen molar-refractivity contribution in [2.24, 2.45) is 0 Å². The molecule has 0 fully saturated rings. The van der Waals surface area contributed by atoms with Crippen molar-refractivity contribution in [3.05, 3.63) is 65.2 Å². The predicted octanol–water partition coefficient (Wildman–Crippen LogP) is 2.97. The second-order valence-corrected chi connectivity index (χ2v) is 6.58. The fraction of sp³-hybridized carbons (Fsp3) is 0.381. The summed E-state index contributed by atoms with van der Waals surface area (Å²) in [6.45, 7) is 1.04. The lowest BCUT2D eigenvalue weighted by atomic mass is 10.1. The van der Waals surface area contributed by atoms with Gasteiger partial charge in [-0.2, -0.15) is 0 Å². The summed E-state index contributed by atoms with van der Waals surface area (Å²) in [6.07, 6.45) is 2.96. The summed E-state index contributed by atoms with van der Waals surface area (Å²) in [5.74, 6) is 0.943. The van der Waals surface area contributed by atoms with E-state index in [0.717, 1.165) is 30.6 Å². The number of para-hydroxylation sites is 1. The standard InChI is InChI=1S/C21H26N2O2/c1-23(19-12-11-16-7-3-5-9-18(16)19)15-21(24)22-14-13-17-8-4-6-10-20(17)25-2/h3-10,19H,11-15H2,1-2H3,(H,22,24). The average Bonchev–Trinajstić information content (AvgIpc) is 3.06. The van der Waals surface area contributed by atoms with Gasteiger partial charge >= 0.3 is 0 Å². The van der Waals surface area contributed by atoms with Gasteiger partial charge < -0.3 is 10.1 Å². The number of methoxy groups -OCH3 is 1. The van der Waals surface area contributed by atoms with Gasteiger partial charge in [0.1, 0.15) is 5.75 Å². The molecule has 1 amide bonds. The molecule has 0 saturated heterocycles. The Morgan fingerprint density at radius 2 is 1.96 bits per heavy atom. The molecule has 1 unspecified atom stereocenters. The Kier molecular flexibility index (Phi) is 5.71. The van der Waals surface area contributed by atoms with Gasteiger partial charge in [-0.25, -0.2) is 0 Å². The molecule has 0 bridgehead atoms. The minimum atomic E-state index is 0.0711. The zero-order valence-corrected chi connectivity index (χ0v) is 15.0. The van der Waals surface area contributed by atoms with Crippen LogP contribution in [0.15, 0.2) is 48.5 Å². The lowest BCUT2D eigenvalue weighted by Gasteiger charge is -2.24. The van der Waals surface area contributed by atoms with Gasteiger partial charge in [-0.3, -0.25) is 9.69 Å². The summed E-state index contributed by atoms with van der Waals surface area (Å²) in [7, 11) is 3.71. The van der Waals surface area contributed by atoms with Crippen molar-refractivity contribution in [1.29, 1.82) is 0 Å². The monoisotopic (exact) mass is 338 g/mol. The number of amides is 1. The van der Waals surface area contributed by atoms with Crippen LogP contribution in [0, 0.1) is 0 Å². The number of aryl methyl sites for hydroxylation is 1. The zero-order chi connectivity index (χ0) is 17.6. The van der Waals surface area contributed by atoms with Crippen LogP contribution < -0.4 is 10.1 Å². The van der Waals surface area contributed by atoms with Gasteiger partial charge in [0.05, 0.1) is 13.7 Å². The Hall–Kier alpha value is -2.33. The number of ether oxygens (including phenoxy) is 1. The van der Waals surface area contributed by atoms with Crippen LogP contribution in [0.5, 0.6) is 5.75 Å². The molecule has 0 spiro atoms. The molecule has 2 aromatic carbocycles. The van der Waals surface area contributed by atoms with Crippen LogP contribution in [0.1, 0.15) is 29.2 Å². The third kappa shape index (κ3) is 4.20. The molecule has 1 aliphatic rings. The number of carbonyl (C=O) groups is 1. The topological polar surface area (TPSA) is 41.6 Å². The predicted molar refractivity (Wildman–Crippen MR) is 99.8 cm³/mol. The quantitative estimate of drug-likeness (QED) is 0.844. The molecule has 1 atom stereocenters. The summed E-state index contributed by atoms with van der Waals surface area (Å²) < 4.78 is 5.35. The van der Waals surface area contributed by atoms with Crippen molar-refractivity contribution < 1.29 is 9.53 Å². The van der Waals surface area contributed by atoms with Gasteiger partial charge in [0.2, 0.25) is 5.91 Å². The van der Waals surface area contributed by atoms with Gasteiger partial charge in [-0.15, -0.1) is 0 Å². The lowest BCUT2D eigenvalue weighted by molar-refractivity contribution is -0.122. The number of nitrogens with zero attached hydrogens (tertiary/aromatic N) is 1. The number of fused-ring (bicyclic) bond motifs is 1. The molecule has 0 radical (unpaired) electrons. The molecule has 25 heavy (non-hydrogen) atoms. The van der Waals surface area contributed by atoms with E-state index in [0.29, 0.717) is 19.1 Å². The van der Waals surface area contributed by atoms with Crippen molar-refractivity contribution in [2.75, 3.05) is 27.2 Å². The molecule has 3 rings (SSSR count). The first kappa shape index (κ1) is 17.5. The maximum Gasteiger partial charge on any atom is 0.234 e. The van der Waals surface area contributed by atoms with Crippen molar-refractivity contribution in [3.8, 4) is 5.75 Å². The molecule has 0 saturated carbocycles. The largest absolute Gasteiger partial charge is 0.496 e. The van der Waals surface area contributed by atoms with E-state index in [2.05, 4.69) is 34.5 Å². The number of hydrogen-bond donors (Lipinski definition) is 1. The van der Waals surface area contributed by atoms with Crippen LogP contribution in [0.25, 0.3) is 0 Å². The first-order chi connectivity index (χ1) is 12.2. The summed E-state index contributed by atoms with van der Waals surface area (Å²) in [4.78, 5) is 14.4. The first-order valence-corrected chi connectivity index (χ1v) is 8.85. The molecular formula is C21H26N2O2. The van der Waals surface area contributed by atoms with Crippen molar-refractivity contribution in [2.45, 2.75) is 25.3 Å². The molecule has 1 N–H and O–H groups in total. The molecule has 4 nitrogen and oxygen atoms in total. The summed E-state index contributed by atoms with van der Waals surface area (Å²) >= 11 is 0. The van der Waals surface area contributed by atoms with Crippen molar-refractivity contribution in [3.63, 3.8) is 0 Å². The van der Waals surface area contributed by atoms with Gasteiger partial charge in [0.15, 0.2) is 0 Å². The highest BCUT2D eigenvalue weighted by Crippen LogP contribution is 2.34. The van der Waals surface area contributed by atoms with E-state index in [-0.39, 0.29) is 5.91 Å². The lowest BCUT2D eigenvalue weighted by Crippen LogP contribution is -2.37. The molecular weight excluding hydrogens is 312 g/mol. The van der Waals surface area contributed by atoms with Crippen LogP contribution in [0.4, 0.5) is 0 Å². The highest BCUT2D eigenvalue weighted by atomic mass is 16.5. The molecule has 1 aliphatic carbocycles. The van der Waals surface area contributed by atoms with Gasteiger partial charge in [0, 0.05) is 12.6 Å². The summed E-state index contributed by atoms with van der Waals surface area (Å²) in [5, 5.41) is 3.02. The Labute approximate surface area is 149 Å². The number of rotatable bonds is 7. The Morgan fingerprint density at radius 1 is 1.20 bits per heavy atom. The molecule has 4 heteroatoms. The second-order valence-electron chi connectivity index (χ2n) is 6.58. The normalized spacial score (nSPS) is 15.9. The molecule has 132 valence electrons. The number of benzene rings is 2. The number of nitrogens with one attached hydrogen (secondary N) is 1. The van der Waals surface area contributed by atoms with Gasteiger partial charge in [-0.05, 0) is 49.1 Å². The van der Waals surface area contributed by atoms with E-state index in [9.17, 15) is 4.79 Å². The highest BCUT2D eigenvalue weighted by Gasteiger charge is 2.26. The van der Waals surface area contributed by atoms with Gasteiger partial charge in [-0.1, -0.05) is 42.5 Å². The SMILES string of the molecule is COc1ccccc1CCNC(=O)CN(C)C1CCc2ccccc21. The Balaban J connectivity index is 1.48. The Morgan fingerprint density at radius 3 is 2.80 bits per heavy atom. The third-order valence-electron chi connectivity index (χ3n) is 4.94. The van der Waals surface area contributed by atoms with E-state index in [1.165, 1.54) is 11.1 Å². The fourth-order valence-electron chi connectivity index (χ4n) is 3.63. The summed E-state index contributed by atoms with van der Waals surface area (Å²) in [6, 6.07) is 16.8. The maximum atomic E-state index is 12.3. The van der Waals surface area contributed by atoms with Crippen molar-refractivity contribution in [1.82, 2.24) is 10.2 Å². The van der Waals surface area contributed by atoms with Crippen LogP contribution in [0.3, 0.4) is 0 Å². The number of hydrogen-bond acceptors (Lipinski definition) is 3. The van der Waals surface area contributed by atoms with Crippen LogP contribution >= 0.6 is 0 Å². The maximum absolute atomic E-state index is 12.3. The minimum Gasteiger partial charge on any atom is -0.496 e. The number of likely N-dealkylation sites (N-methyl/N-ethyl adjacent to an activating group) is 1. The minimum absolute atomic E-state index is 0.0711. The van der Waals surface area contributed by atoms with Gasteiger partial charge in [0.25, 0.3) is 0 Å². The van der Waals surface area contributed by atoms with E-state index in [4.69, 9.17) is 4.74 Å². The fourth-order valence-corrected chi connectivity index (χ4v) is 3.63. The van der Waals surface area contributed by atoms with E-state index >= 15 is 0 Å². The Bertz CT molecular complexity index is 729. The third-order valence-corrected chi connectivity index (χ3v) is 4.94. The van der Waals surface area contributed by atoms with E-state index < -0.39 is 0 Å². The van der Waals surface area contributed by atoms with Crippen LogP contribution in [-0.2, 0) is 17.6 Å². The second kappa shape index (κ2) is 8.17. The first-order valence-electron chi connectivity index (χ1n) is 8.85. The van der Waals surface area contributed by atoms with Crippen molar-refractivity contribution >= 4 is 5.91 Å². The molecule has 0 aliphatic heterocycles. The van der Waals surface area contributed by atoms with Crippen LogP contribution in [-0.4, -0.2) is 38.1 Å². The number of carbonyl (C=O) groups excluding carboxylic acids is 1. The zero-order valence-electron chi connectivity index (χ0n) is 15.0. The van der Waals surface area contributed by atoms with Crippen LogP contribution in [0.2, 0.25) is 0 Å². The van der Waals surface area contributed by atoms with E-state index in [1.807, 2.05) is 31.3 Å². The molecule has 0 aromatic heterocycles. The average molecular weight is 338 g/mol. The van der Waals surface area contributed by atoms with E-state index in [1.54, 1.807) is 7.11 Å².